The van der Waals surface area contributed by atoms with E-state index in [1.54, 1.807) is 48.5 Å². The lowest BCUT2D eigenvalue weighted by Gasteiger charge is -2.28. The van der Waals surface area contributed by atoms with Gasteiger partial charge in [-0.05, 0) is 31.5 Å². The molecule has 4 rings (SSSR count). The summed E-state index contributed by atoms with van der Waals surface area (Å²) < 4.78 is 20.3. The quantitative estimate of drug-likeness (QED) is 0.592. The van der Waals surface area contributed by atoms with Crippen LogP contribution in [-0.4, -0.2) is 28.3 Å². The van der Waals surface area contributed by atoms with Crippen molar-refractivity contribution in [2.75, 3.05) is 14.2 Å². The summed E-state index contributed by atoms with van der Waals surface area (Å²) in [5.74, 6) is 0.645. The molecule has 9 heteroatoms. The summed E-state index contributed by atoms with van der Waals surface area (Å²) in [5, 5.41) is 9.91. The van der Waals surface area contributed by atoms with Crippen LogP contribution in [0.3, 0.4) is 0 Å². The second kappa shape index (κ2) is 9.12. The molecule has 0 saturated heterocycles. The fourth-order valence-electron chi connectivity index (χ4n) is 4.17. The number of benzene rings is 1. The maximum absolute atomic E-state index is 13.8. The fraction of sp³-hybridized carbons (Fsp3) is 0.292. The molecule has 0 saturated carbocycles. The third-order valence-electron chi connectivity index (χ3n) is 5.80. The number of methoxy groups -OCH3 is 2. The summed E-state index contributed by atoms with van der Waals surface area (Å²) in [7, 11) is 3.09. The molecule has 0 aliphatic carbocycles. The Hall–Kier alpha value is -4.19. The largest absolute Gasteiger partial charge is 0.497 e. The minimum Gasteiger partial charge on any atom is -0.497 e. The zero-order valence-electron chi connectivity index (χ0n) is 18.7. The monoisotopic (exact) mass is 447 g/mol. The average Bonchev–Trinajstić information content (AvgIpc) is 3.33. The first-order valence-electron chi connectivity index (χ1n) is 10.5. The highest BCUT2D eigenvalue weighted by Gasteiger charge is 2.36. The number of allylic oxidation sites excluding steroid dienone is 1. The van der Waals surface area contributed by atoms with E-state index in [1.807, 2.05) is 17.7 Å². The summed E-state index contributed by atoms with van der Waals surface area (Å²) >= 11 is 0. The second-order valence-electron chi connectivity index (χ2n) is 7.71. The molecule has 0 bridgehead atoms. The zero-order chi connectivity index (χ0) is 23.5. The average molecular weight is 447 g/mol. The van der Waals surface area contributed by atoms with Crippen LogP contribution in [0.15, 0.2) is 59.2 Å². The number of nitrogens with two attached hydrogens (primary N) is 1. The van der Waals surface area contributed by atoms with E-state index >= 15 is 0 Å². The predicted molar refractivity (Wildman–Crippen MR) is 121 cm³/mol. The van der Waals surface area contributed by atoms with Crippen LogP contribution in [0, 0.1) is 18.3 Å². The molecule has 170 valence electrons. The van der Waals surface area contributed by atoms with Gasteiger partial charge in [0.25, 0.3) is 5.56 Å². The number of ether oxygens (including phenoxy) is 3. The van der Waals surface area contributed by atoms with Crippen LogP contribution in [0.25, 0.3) is 0 Å². The van der Waals surface area contributed by atoms with Crippen LogP contribution < -0.4 is 25.5 Å². The van der Waals surface area contributed by atoms with Gasteiger partial charge in [0, 0.05) is 42.8 Å². The molecule has 9 nitrogen and oxygen atoms in total. The molecular weight excluding hydrogens is 422 g/mol. The molecule has 3 heterocycles. The van der Waals surface area contributed by atoms with E-state index in [1.165, 1.54) is 7.11 Å². The van der Waals surface area contributed by atoms with Gasteiger partial charge in [-0.2, -0.15) is 5.26 Å². The van der Waals surface area contributed by atoms with Gasteiger partial charge in [0.2, 0.25) is 5.88 Å². The number of pyridine rings is 1. The molecule has 0 unspecified atom stereocenters. The van der Waals surface area contributed by atoms with Crippen molar-refractivity contribution in [3.63, 3.8) is 0 Å². The molecule has 0 amide bonds. The molecule has 0 radical (unpaired) electrons. The molecule has 0 fully saturated rings. The standard InChI is InChI=1S/C24H25N5O4/c1-15-11-20-22(24(30)29(15)9-4-8-28-10-7-27-14-28)21(18(13-25)23(26)33-20)17-12-16(31-2)5-6-19(17)32-3/h5-7,10-12,14,21H,4,8-9,26H2,1-3H3/t21-/m1/s1. The Morgan fingerprint density at radius 3 is 2.73 bits per heavy atom. The highest BCUT2D eigenvalue weighted by molar-refractivity contribution is 5.59. The summed E-state index contributed by atoms with van der Waals surface area (Å²) in [6.45, 7) is 3.07. The number of hydrogen-bond donors (Lipinski definition) is 1. The van der Waals surface area contributed by atoms with Gasteiger partial charge in [0.1, 0.15) is 28.9 Å². The Bertz CT molecular complexity index is 1300. The van der Waals surface area contributed by atoms with E-state index in [4.69, 9.17) is 19.9 Å². The first kappa shape index (κ1) is 22.0. The smallest absolute Gasteiger partial charge is 0.258 e. The highest BCUT2D eigenvalue weighted by Crippen LogP contribution is 2.44. The van der Waals surface area contributed by atoms with Gasteiger partial charge in [0.05, 0.1) is 32.0 Å². The lowest BCUT2D eigenvalue weighted by atomic mass is 9.83. The first-order valence-corrected chi connectivity index (χ1v) is 10.5. The predicted octanol–water partition coefficient (Wildman–Crippen LogP) is 2.68. The fourth-order valence-corrected chi connectivity index (χ4v) is 4.17. The van der Waals surface area contributed by atoms with Crippen LogP contribution in [0.2, 0.25) is 0 Å². The number of nitrogens with zero attached hydrogens (tertiary/aromatic N) is 4. The molecule has 1 aliphatic heterocycles. The van der Waals surface area contributed by atoms with Crippen LogP contribution in [0.5, 0.6) is 17.2 Å². The van der Waals surface area contributed by atoms with Gasteiger partial charge in [-0.1, -0.05) is 0 Å². The number of aryl methyl sites for hydroxylation is 2. The molecule has 0 spiro atoms. The van der Waals surface area contributed by atoms with E-state index in [-0.39, 0.29) is 17.0 Å². The minimum atomic E-state index is -0.753. The van der Waals surface area contributed by atoms with Crippen molar-refractivity contribution in [3.8, 4) is 23.3 Å². The van der Waals surface area contributed by atoms with Gasteiger partial charge < -0.3 is 29.1 Å². The van der Waals surface area contributed by atoms with Crippen LogP contribution >= 0.6 is 0 Å². The van der Waals surface area contributed by atoms with Gasteiger partial charge >= 0.3 is 0 Å². The van der Waals surface area contributed by atoms with Crippen molar-refractivity contribution in [2.24, 2.45) is 5.73 Å². The van der Waals surface area contributed by atoms with E-state index in [0.29, 0.717) is 34.9 Å². The summed E-state index contributed by atoms with van der Waals surface area (Å²) in [5.41, 5.74) is 7.73. The van der Waals surface area contributed by atoms with Crippen molar-refractivity contribution in [2.45, 2.75) is 32.4 Å². The van der Waals surface area contributed by atoms with Gasteiger partial charge in [-0.3, -0.25) is 4.79 Å². The minimum absolute atomic E-state index is 0.0310. The molecule has 2 N–H and O–H groups in total. The SMILES string of the molecule is COc1ccc(OC)c([C@@H]2C(C#N)=C(N)Oc3cc(C)n(CCCn4ccnc4)c(=O)c32)c1. The lowest BCUT2D eigenvalue weighted by Crippen LogP contribution is -2.33. The summed E-state index contributed by atoms with van der Waals surface area (Å²) in [4.78, 5) is 17.8. The van der Waals surface area contributed by atoms with Crippen molar-refractivity contribution in [3.05, 3.63) is 81.6 Å². The number of fused-ring (bicyclic) bond motifs is 1. The highest BCUT2D eigenvalue weighted by atomic mass is 16.5. The molecule has 3 aromatic rings. The number of nitriles is 1. The lowest BCUT2D eigenvalue weighted by molar-refractivity contribution is 0.379. The number of hydrogen-bond acceptors (Lipinski definition) is 7. The van der Waals surface area contributed by atoms with E-state index in [0.717, 1.165) is 18.7 Å². The Labute approximate surface area is 191 Å². The second-order valence-corrected chi connectivity index (χ2v) is 7.71. The molecule has 33 heavy (non-hydrogen) atoms. The number of aromatic nitrogens is 3. The Morgan fingerprint density at radius 2 is 2.06 bits per heavy atom. The van der Waals surface area contributed by atoms with E-state index < -0.39 is 5.92 Å². The third-order valence-corrected chi connectivity index (χ3v) is 5.80. The molecule has 1 aromatic carbocycles. The van der Waals surface area contributed by atoms with Crippen molar-refractivity contribution in [1.29, 1.82) is 5.26 Å². The third kappa shape index (κ3) is 4.03. The number of imidazole rings is 1. The van der Waals surface area contributed by atoms with Crippen molar-refractivity contribution < 1.29 is 14.2 Å². The molecule has 1 aliphatic rings. The van der Waals surface area contributed by atoms with Crippen LogP contribution in [0.1, 0.15) is 29.2 Å². The summed E-state index contributed by atoms with van der Waals surface area (Å²) in [6, 6.07) is 9.17. The molecule has 1 atom stereocenters. The van der Waals surface area contributed by atoms with E-state index in [9.17, 15) is 10.1 Å². The Morgan fingerprint density at radius 1 is 1.24 bits per heavy atom. The van der Waals surface area contributed by atoms with E-state index in [2.05, 4.69) is 11.1 Å². The van der Waals surface area contributed by atoms with Gasteiger partial charge in [-0.25, -0.2) is 4.98 Å². The maximum Gasteiger partial charge on any atom is 0.258 e. The summed E-state index contributed by atoms with van der Waals surface area (Å²) in [6.07, 6.45) is 6.08. The normalized spacial score (nSPS) is 14.9. The Kier molecular flexibility index (Phi) is 6.09. The maximum atomic E-state index is 13.8. The zero-order valence-corrected chi connectivity index (χ0v) is 18.7. The first-order chi connectivity index (χ1) is 16.0. The topological polar surface area (TPSA) is 117 Å². The van der Waals surface area contributed by atoms with Crippen LogP contribution in [0.4, 0.5) is 0 Å². The molecular formula is C24H25N5O4. The van der Waals surface area contributed by atoms with Gasteiger partial charge in [0.15, 0.2) is 0 Å². The van der Waals surface area contributed by atoms with Crippen molar-refractivity contribution in [1.82, 2.24) is 14.1 Å². The van der Waals surface area contributed by atoms with Crippen molar-refractivity contribution >= 4 is 0 Å². The van der Waals surface area contributed by atoms with Gasteiger partial charge in [-0.15, -0.1) is 0 Å². The molecule has 2 aromatic heterocycles. The van der Waals surface area contributed by atoms with Crippen LogP contribution in [-0.2, 0) is 13.1 Å². The Balaban J connectivity index is 1.84. The number of rotatable bonds is 7.